The van der Waals surface area contributed by atoms with E-state index in [4.69, 9.17) is 22.3 Å². The van der Waals surface area contributed by atoms with Crippen molar-refractivity contribution in [1.29, 1.82) is 0 Å². The Hall–Kier alpha value is -4.25. The number of benzene rings is 1. The van der Waals surface area contributed by atoms with Crippen LogP contribution in [0.3, 0.4) is 0 Å². The molecule has 36 heavy (non-hydrogen) atoms. The van der Waals surface area contributed by atoms with Crippen LogP contribution in [0.1, 0.15) is 35.1 Å². The number of pyridine rings is 1. The second-order valence-corrected chi connectivity index (χ2v) is 9.18. The van der Waals surface area contributed by atoms with E-state index < -0.39 is 0 Å². The summed E-state index contributed by atoms with van der Waals surface area (Å²) in [6.07, 6.45) is 4.75. The lowest BCUT2D eigenvalue weighted by atomic mass is 10.1. The molecule has 1 atom stereocenters. The minimum atomic E-state index is -0.361. The molecule has 1 unspecified atom stereocenters. The van der Waals surface area contributed by atoms with Gasteiger partial charge in [-0.15, -0.1) is 0 Å². The summed E-state index contributed by atoms with van der Waals surface area (Å²) in [5, 5.41) is 3.80. The molecule has 6 rings (SSSR count). The first-order chi connectivity index (χ1) is 17.4. The smallest absolute Gasteiger partial charge is 0.267 e. The van der Waals surface area contributed by atoms with Crippen molar-refractivity contribution in [2.75, 3.05) is 36.2 Å². The number of nitrogens with zero attached hydrogens (tertiary/aromatic N) is 7. The molecule has 1 amide bonds. The van der Waals surface area contributed by atoms with E-state index >= 15 is 0 Å². The van der Waals surface area contributed by atoms with Crippen molar-refractivity contribution in [1.82, 2.24) is 29.4 Å². The molecular weight excluding hydrogens is 482 g/mol. The summed E-state index contributed by atoms with van der Waals surface area (Å²) in [5.41, 5.74) is 7.17. The molecule has 2 aliphatic rings. The van der Waals surface area contributed by atoms with Gasteiger partial charge in [0, 0.05) is 19.8 Å². The van der Waals surface area contributed by atoms with Crippen LogP contribution >= 0.6 is 11.6 Å². The molecular formula is C24H22ClN9O2. The summed E-state index contributed by atoms with van der Waals surface area (Å²) in [6.45, 7) is 0.916. The molecule has 1 fully saturated rings. The van der Waals surface area contributed by atoms with Gasteiger partial charge in [0.05, 0.1) is 40.5 Å². The van der Waals surface area contributed by atoms with E-state index in [1.54, 1.807) is 59.2 Å². The number of hydrogen-bond donors (Lipinski definition) is 2. The standard InChI is InChI=1S/C24H22ClN9O2/c1-32-12-28-19-18(22(32)35)21(31-24(26)30-19)33-10-4-8-16(33)20-29-15-7-2-6-14(25)17(15)23(36)34(20)13-5-3-9-27-11-13/h2-3,5-7,9,11,16H,4,8,10,12H2,1H3,(H3,26,28,30,31). The number of nitrogens with one attached hydrogen (secondary N) is 1. The van der Waals surface area contributed by atoms with E-state index in [0.29, 0.717) is 64.3 Å². The number of halogens is 1. The average Bonchev–Trinajstić information content (AvgIpc) is 3.36. The SMILES string of the molecule is CN1CNc2nc(N)nc(N3CCCC3c3nc4cccc(Cl)c4c(=O)n3-c3cccnc3)c2C1=O. The van der Waals surface area contributed by atoms with E-state index in [0.717, 1.165) is 6.42 Å². The average molecular weight is 504 g/mol. The van der Waals surface area contributed by atoms with Gasteiger partial charge in [-0.05, 0) is 37.1 Å². The lowest BCUT2D eigenvalue weighted by Gasteiger charge is -2.32. The lowest BCUT2D eigenvalue weighted by Crippen LogP contribution is -2.40. The summed E-state index contributed by atoms with van der Waals surface area (Å²) in [7, 11) is 1.70. The fraction of sp³-hybridized carbons (Fsp3) is 0.250. The minimum Gasteiger partial charge on any atom is -0.368 e. The van der Waals surface area contributed by atoms with Crippen LogP contribution in [0.2, 0.25) is 5.02 Å². The van der Waals surface area contributed by atoms with Gasteiger partial charge in [-0.3, -0.25) is 19.1 Å². The minimum absolute atomic E-state index is 0.0576. The normalized spacial score (nSPS) is 17.4. The number of amides is 1. The number of nitrogen functional groups attached to an aromatic ring is 1. The van der Waals surface area contributed by atoms with Gasteiger partial charge in [-0.25, -0.2) is 4.98 Å². The quantitative estimate of drug-likeness (QED) is 0.432. The molecule has 0 radical (unpaired) electrons. The lowest BCUT2D eigenvalue weighted by molar-refractivity contribution is 0.0796. The molecule has 5 heterocycles. The van der Waals surface area contributed by atoms with Crippen LogP contribution < -0.4 is 21.5 Å². The van der Waals surface area contributed by atoms with Gasteiger partial charge in [0.15, 0.2) is 0 Å². The summed E-state index contributed by atoms with van der Waals surface area (Å²) in [6, 6.07) is 8.41. The van der Waals surface area contributed by atoms with Gasteiger partial charge in [0.1, 0.15) is 23.0 Å². The monoisotopic (exact) mass is 503 g/mol. The number of carbonyl (C=O) groups excluding carboxylic acids is 1. The number of fused-ring (bicyclic) bond motifs is 2. The van der Waals surface area contributed by atoms with Crippen molar-refractivity contribution in [3.63, 3.8) is 0 Å². The third-order valence-corrected chi connectivity index (χ3v) is 6.87. The molecule has 0 spiro atoms. The predicted molar refractivity (Wildman–Crippen MR) is 136 cm³/mol. The molecule has 3 aromatic heterocycles. The van der Waals surface area contributed by atoms with Gasteiger partial charge >= 0.3 is 0 Å². The first-order valence-corrected chi connectivity index (χ1v) is 11.9. The zero-order valence-corrected chi connectivity index (χ0v) is 20.1. The van der Waals surface area contributed by atoms with Gasteiger partial charge < -0.3 is 20.9 Å². The zero-order chi connectivity index (χ0) is 25.0. The van der Waals surface area contributed by atoms with Crippen molar-refractivity contribution < 1.29 is 4.79 Å². The van der Waals surface area contributed by atoms with E-state index in [2.05, 4.69) is 20.3 Å². The van der Waals surface area contributed by atoms with Gasteiger partial charge in [-0.1, -0.05) is 17.7 Å². The van der Waals surface area contributed by atoms with E-state index in [-0.39, 0.29) is 23.5 Å². The molecule has 1 saturated heterocycles. The maximum atomic E-state index is 13.8. The highest BCUT2D eigenvalue weighted by Gasteiger charge is 2.37. The highest BCUT2D eigenvalue weighted by Crippen LogP contribution is 2.39. The molecule has 12 heteroatoms. The molecule has 182 valence electrons. The van der Waals surface area contributed by atoms with Crippen molar-refractivity contribution in [3.05, 3.63) is 69.5 Å². The van der Waals surface area contributed by atoms with Crippen LogP contribution in [0, 0.1) is 0 Å². The molecule has 2 aliphatic heterocycles. The van der Waals surface area contributed by atoms with Crippen LogP contribution in [0.25, 0.3) is 16.6 Å². The Morgan fingerprint density at radius 2 is 2.00 bits per heavy atom. The number of hydrogen-bond acceptors (Lipinski definition) is 9. The Morgan fingerprint density at radius 3 is 2.81 bits per heavy atom. The van der Waals surface area contributed by atoms with Crippen molar-refractivity contribution >= 4 is 46.0 Å². The van der Waals surface area contributed by atoms with Crippen LogP contribution in [0.5, 0.6) is 0 Å². The van der Waals surface area contributed by atoms with E-state index in [1.165, 1.54) is 0 Å². The number of nitrogens with two attached hydrogens (primary N) is 1. The van der Waals surface area contributed by atoms with Crippen LogP contribution in [-0.2, 0) is 0 Å². The van der Waals surface area contributed by atoms with Crippen LogP contribution in [0.4, 0.5) is 17.6 Å². The van der Waals surface area contributed by atoms with Crippen LogP contribution in [-0.4, -0.2) is 55.6 Å². The maximum Gasteiger partial charge on any atom is 0.267 e. The number of aromatic nitrogens is 5. The first kappa shape index (κ1) is 22.2. The van der Waals surface area contributed by atoms with Crippen molar-refractivity contribution in [2.24, 2.45) is 0 Å². The second-order valence-electron chi connectivity index (χ2n) is 8.77. The van der Waals surface area contributed by atoms with Gasteiger partial charge in [-0.2, -0.15) is 9.97 Å². The Kier molecular flexibility index (Phi) is 5.22. The second kappa shape index (κ2) is 8.45. The highest BCUT2D eigenvalue weighted by atomic mass is 35.5. The van der Waals surface area contributed by atoms with Gasteiger partial charge in [0.25, 0.3) is 11.5 Å². The predicted octanol–water partition coefficient (Wildman–Crippen LogP) is 2.60. The zero-order valence-electron chi connectivity index (χ0n) is 19.3. The third-order valence-electron chi connectivity index (χ3n) is 6.55. The third kappa shape index (κ3) is 3.42. The fourth-order valence-electron chi connectivity index (χ4n) is 4.91. The molecule has 1 aromatic carbocycles. The number of anilines is 3. The number of carbonyl (C=O) groups is 1. The Balaban J connectivity index is 1.59. The van der Waals surface area contributed by atoms with Crippen molar-refractivity contribution in [3.8, 4) is 5.69 Å². The molecule has 4 aromatic rings. The first-order valence-electron chi connectivity index (χ1n) is 11.5. The summed E-state index contributed by atoms with van der Waals surface area (Å²) in [5.74, 6) is 1.18. The fourth-order valence-corrected chi connectivity index (χ4v) is 5.16. The summed E-state index contributed by atoms with van der Waals surface area (Å²) in [4.78, 5) is 48.4. The van der Waals surface area contributed by atoms with E-state index in [1.807, 2.05) is 4.90 Å². The molecule has 0 saturated carbocycles. The van der Waals surface area contributed by atoms with Crippen molar-refractivity contribution in [2.45, 2.75) is 18.9 Å². The molecule has 0 bridgehead atoms. The summed E-state index contributed by atoms with van der Waals surface area (Å²) < 4.78 is 1.55. The summed E-state index contributed by atoms with van der Waals surface area (Å²) >= 11 is 6.43. The Labute approximate surface area is 210 Å². The Bertz CT molecular complexity index is 1570. The molecule has 0 aliphatic carbocycles. The Morgan fingerprint density at radius 1 is 1.14 bits per heavy atom. The molecule has 11 nitrogen and oxygen atoms in total. The maximum absolute atomic E-state index is 13.8. The van der Waals surface area contributed by atoms with E-state index in [9.17, 15) is 9.59 Å². The largest absolute Gasteiger partial charge is 0.368 e. The van der Waals surface area contributed by atoms with Gasteiger partial charge in [0.2, 0.25) is 5.95 Å². The topological polar surface area (TPSA) is 135 Å². The number of rotatable bonds is 3. The molecule has 3 N–H and O–H groups in total. The van der Waals surface area contributed by atoms with Crippen LogP contribution in [0.15, 0.2) is 47.5 Å². The highest BCUT2D eigenvalue weighted by molar-refractivity contribution is 6.35.